The summed E-state index contributed by atoms with van der Waals surface area (Å²) in [4.78, 5) is 22.4. The number of hydrogen-bond donors (Lipinski definition) is 2. The topological polar surface area (TPSA) is 113 Å². The Morgan fingerprint density at radius 1 is 1.18 bits per heavy atom. The Bertz CT molecular complexity index is 1590. The zero-order chi connectivity index (χ0) is 26.0. The second-order valence-electron chi connectivity index (χ2n) is 10.7. The molecule has 3 aromatic heterocycles. The molecule has 192 valence electrons. The van der Waals surface area contributed by atoms with Crippen molar-refractivity contribution >= 4 is 28.6 Å². The molecular formula is C30H28N4O4. The van der Waals surface area contributed by atoms with E-state index in [9.17, 15) is 15.0 Å². The number of nitrogens with zero attached hydrogens (tertiary/aromatic N) is 4. The maximum atomic E-state index is 11.4. The molecule has 1 saturated heterocycles. The first-order valence-electron chi connectivity index (χ1n) is 13.1. The lowest BCUT2D eigenvalue weighted by Gasteiger charge is -2.22. The van der Waals surface area contributed by atoms with Crippen LogP contribution in [0.5, 0.6) is 0 Å². The summed E-state index contributed by atoms with van der Waals surface area (Å²) in [6, 6.07) is 11.3. The van der Waals surface area contributed by atoms with Gasteiger partial charge in [0.2, 0.25) is 0 Å². The third-order valence-electron chi connectivity index (χ3n) is 8.34. The summed E-state index contributed by atoms with van der Waals surface area (Å²) in [5.74, 6) is 2.10. The van der Waals surface area contributed by atoms with Gasteiger partial charge >= 0.3 is 5.97 Å². The van der Waals surface area contributed by atoms with Gasteiger partial charge in [-0.25, -0.2) is 9.78 Å². The number of aliphatic hydroxyl groups is 1. The van der Waals surface area contributed by atoms with Crippen LogP contribution in [-0.2, 0) is 6.61 Å². The molecule has 8 nitrogen and oxygen atoms in total. The van der Waals surface area contributed by atoms with Gasteiger partial charge < -0.3 is 19.6 Å². The van der Waals surface area contributed by atoms with Crippen molar-refractivity contribution in [2.24, 2.45) is 17.8 Å². The highest BCUT2D eigenvalue weighted by molar-refractivity contribution is 5.92. The number of fused-ring (bicyclic) bond motifs is 2. The number of aryl methyl sites for hydroxylation is 1. The summed E-state index contributed by atoms with van der Waals surface area (Å²) in [5, 5.41) is 24.4. The molecule has 2 N–H and O–H groups in total. The molecule has 2 unspecified atom stereocenters. The number of carboxylic acids is 1. The third kappa shape index (κ3) is 3.87. The van der Waals surface area contributed by atoms with Gasteiger partial charge in [0.05, 0.1) is 12.1 Å². The van der Waals surface area contributed by atoms with Gasteiger partial charge in [-0.3, -0.25) is 4.98 Å². The molecule has 4 heterocycles. The van der Waals surface area contributed by atoms with E-state index < -0.39 is 5.97 Å². The van der Waals surface area contributed by atoms with Crippen LogP contribution in [0.15, 0.2) is 53.2 Å². The third-order valence-corrected chi connectivity index (χ3v) is 8.34. The van der Waals surface area contributed by atoms with Crippen LogP contribution in [0.3, 0.4) is 0 Å². The van der Waals surface area contributed by atoms with E-state index in [1.807, 2.05) is 31.2 Å². The van der Waals surface area contributed by atoms with Crippen LogP contribution in [0.4, 0.5) is 5.69 Å². The van der Waals surface area contributed by atoms with Crippen molar-refractivity contribution in [3.8, 4) is 11.3 Å². The number of allylic oxidation sites excluding steroid dienone is 1. The SMILES string of the molecule is Cc1ncccc1-c1noc(C2CC2)c1/C=C/C1C2CN(c3ccc4nc(C(=O)O)cc(CO)c4c3)CC12. The summed E-state index contributed by atoms with van der Waals surface area (Å²) in [6.07, 6.45) is 8.69. The van der Waals surface area contributed by atoms with Crippen molar-refractivity contribution in [3.05, 3.63) is 76.9 Å². The van der Waals surface area contributed by atoms with Gasteiger partial charge in [-0.1, -0.05) is 17.3 Å². The van der Waals surface area contributed by atoms with Crippen LogP contribution in [0.2, 0.25) is 0 Å². The lowest BCUT2D eigenvalue weighted by molar-refractivity contribution is 0.0690. The maximum absolute atomic E-state index is 11.4. The fourth-order valence-corrected chi connectivity index (χ4v) is 6.04. The second kappa shape index (κ2) is 8.77. The fraction of sp³-hybridized carbons (Fsp3) is 0.333. The van der Waals surface area contributed by atoms with Crippen LogP contribution in [0.25, 0.3) is 28.2 Å². The summed E-state index contributed by atoms with van der Waals surface area (Å²) in [5.41, 5.74) is 6.16. The smallest absolute Gasteiger partial charge is 0.354 e. The zero-order valence-electron chi connectivity index (χ0n) is 21.0. The monoisotopic (exact) mass is 508 g/mol. The molecule has 7 rings (SSSR count). The van der Waals surface area contributed by atoms with Gasteiger partial charge in [-0.2, -0.15) is 0 Å². The maximum Gasteiger partial charge on any atom is 0.354 e. The molecule has 0 radical (unpaired) electrons. The first-order valence-corrected chi connectivity index (χ1v) is 13.1. The van der Waals surface area contributed by atoms with Crippen molar-refractivity contribution < 1.29 is 19.5 Å². The number of anilines is 1. The number of aromatic nitrogens is 3. The number of carboxylic acid groups (broad SMARTS) is 1. The number of hydrogen-bond acceptors (Lipinski definition) is 7. The van der Waals surface area contributed by atoms with Crippen molar-refractivity contribution in [1.82, 2.24) is 15.1 Å². The number of carbonyl (C=O) groups is 1. The number of aliphatic hydroxyl groups excluding tert-OH is 1. The highest BCUT2D eigenvalue weighted by atomic mass is 16.5. The highest BCUT2D eigenvalue weighted by Crippen LogP contribution is 2.54. The van der Waals surface area contributed by atoms with Crippen LogP contribution in [0, 0.1) is 24.7 Å². The van der Waals surface area contributed by atoms with E-state index >= 15 is 0 Å². The quantitative estimate of drug-likeness (QED) is 0.356. The number of piperidine rings is 1. The first kappa shape index (κ1) is 23.1. The van der Waals surface area contributed by atoms with Crippen LogP contribution < -0.4 is 4.90 Å². The highest BCUT2D eigenvalue weighted by Gasteiger charge is 2.54. The molecule has 38 heavy (non-hydrogen) atoms. The normalized spacial score (nSPS) is 22.4. The molecular weight excluding hydrogens is 480 g/mol. The van der Waals surface area contributed by atoms with E-state index in [0.29, 0.717) is 34.8 Å². The standard InChI is InChI=1S/C30H28N4O4/c1-16-20(3-2-10-31-16)28-22(29(38-33-28)17-4-5-17)8-7-21-24-13-34(14-25(21)24)19-6-9-26-23(12-19)18(15-35)11-27(32-26)30(36)37/h2-3,6-12,17,21,24-25,35H,4-5,13-15H2,1H3,(H,36,37)/b8-7+. The Kier molecular flexibility index (Phi) is 5.33. The Labute approximate surface area is 219 Å². The van der Waals surface area contributed by atoms with E-state index in [0.717, 1.165) is 65.3 Å². The van der Waals surface area contributed by atoms with Gasteiger partial charge in [0.1, 0.15) is 17.1 Å². The van der Waals surface area contributed by atoms with E-state index in [1.54, 1.807) is 6.20 Å². The summed E-state index contributed by atoms with van der Waals surface area (Å²) >= 11 is 0. The van der Waals surface area contributed by atoms with Crippen molar-refractivity contribution in [2.75, 3.05) is 18.0 Å². The van der Waals surface area contributed by atoms with Gasteiger partial charge in [-0.05, 0) is 79.5 Å². The molecule has 2 aliphatic carbocycles. The molecule has 1 aromatic carbocycles. The van der Waals surface area contributed by atoms with E-state index in [1.165, 1.54) is 6.07 Å². The van der Waals surface area contributed by atoms with Gasteiger partial charge in [0.25, 0.3) is 0 Å². The number of aromatic carboxylic acids is 1. The lowest BCUT2D eigenvalue weighted by atomic mass is 10.0. The predicted octanol–water partition coefficient (Wildman–Crippen LogP) is 5.06. The lowest BCUT2D eigenvalue weighted by Crippen LogP contribution is -2.23. The first-order chi connectivity index (χ1) is 18.5. The number of pyridine rings is 2. The molecule has 8 heteroatoms. The summed E-state index contributed by atoms with van der Waals surface area (Å²) in [6.45, 7) is 3.71. The van der Waals surface area contributed by atoms with Crippen LogP contribution >= 0.6 is 0 Å². The minimum absolute atomic E-state index is 0.0501. The van der Waals surface area contributed by atoms with Gasteiger partial charge in [-0.15, -0.1) is 0 Å². The second-order valence-corrected chi connectivity index (χ2v) is 10.7. The van der Waals surface area contributed by atoms with Gasteiger partial charge in [0.15, 0.2) is 0 Å². The Morgan fingerprint density at radius 3 is 2.71 bits per heavy atom. The minimum Gasteiger partial charge on any atom is -0.477 e. The molecule has 2 atom stereocenters. The van der Waals surface area contributed by atoms with Crippen molar-refractivity contribution in [1.29, 1.82) is 0 Å². The molecule has 3 aliphatic rings. The zero-order valence-corrected chi connectivity index (χ0v) is 21.0. The molecule has 0 amide bonds. The molecule has 3 fully saturated rings. The summed E-state index contributed by atoms with van der Waals surface area (Å²) < 4.78 is 5.83. The number of rotatable bonds is 7. The average Bonchev–Trinajstić information content (AvgIpc) is 3.79. The Morgan fingerprint density at radius 2 is 2.00 bits per heavy atom. The van der Waals surface area contributed by atoms with Crippen LogP contribution in [-0.4, -0.2) is 44.4 Å². The van der Waals surface area contributed by atoms with E-state index in [4.69, 9.17) is 4.52 Å². The van der Waals surface area contributed by atoms with E-state index in [-0.39, 0.29) is 12.3 Å². The molecule has 0 spiro atoms. The molecule has 2 saturated carbocycles. The Hall–Kier alpha value is -4.04. The van der Waals surface area contributed by atoms with E-state index in [2.05, 4.69) is 38.2 Å². The van der Waals surface area contributed by atoms with Crippen molar-refractivity contribution in [2.45, 2.75) is 32.3 Å². The predicted molar refractivity (Wildman–Crippen MR) is 143 cm³/mol. The Balaban J connectivity index is 1.10. The fourth-order valence-electron chi connectivity index (χ4n) is 6.04. The largest absolute Gasteiger partial charge is 0.477 e. The molecule has 0 bridgehead atoms. The van der Waals surface area contributed by atoms with Crippen LogP contribution in [0.1, 0.15) is 51.8 Å². The van der Waals surface area contributed by atoms with Crippen molar-refractivity contribution in [3.63, 3.8) is 0 Å². The molecule has 1 aliphatic heterocycles. The number of benzene rings is 1. The minimum atomic E-state index is -1.09. The van der Waals surface area contributed by atoms with Gasteiger partial charge in [0, 0.05) is 53.1 Å². The average molecular weight is 509 g/mol. The summed E-state index contributed by atoms with van der Waals surface area (Å²) in [7, 11) is 0. The molecule has 4 aromatic rings.